The monoisotopic (exact) mass is 426 g/mol. The van der Waals surface area contributed by atoms with Gasteiger partial charge in [0.1, 0.15) is 5.75 Å². The molecular formula is C19H17F3N2O6. The first-order valence-corrected chi connectivity index (χ1v) is 8.67. The molecule has 30 heavy (non-hydrogen) atoms. The van der Waals surface area contributed by atoms with Crippen LogP contribution in [0.1, 0.15) is 29.3 Å². The number of anilines is 1. The fraction of sp³-hybridized carbons (Fsp3) is 0.263. The smallest absolute Gasteiger partial charge is 0.418 e. The number of amides is 1. The minimum absolute atomic E-state index is 0.123. The molecule has 0 unspecified atom stereocenters. The van der Waals surface area contributed by atoms with Gasteiger partial charge in [0, 0.05) is 12.1 Å². The Labute approximate surface area is 168 Å². The predicted octanol–water partition coefficient (Wildman–Crippen LogP) is 4.20. The van der Waals surface area contributed by atoms with Gasteiger partial charge in [-0.05, 0) is 36.8 Å². The van der Waals surface area contributed by atoms with Crippen LogP contribution in [0.2, 0.25) is 0 Å². The van der Waals surface area contributed by atoms with Crippen LogP contribution in [-0.4, -0.2) is 30.0 Å². The highest BCUT2D eigenvalue weighted by atomic mass is 19.4. The van der Waals surface area contributed by atoms with E-state index >= 15 is 0 Å². The zero-order valence-corrected chi connectivity index (χ0v) is 15.7. The summed E-state index contributed by atoms with van der Waals surface area (Å²) in [5, 5.41) is 12.6. The van der Waals surface area contributed by atoms with Crippen LogP contribution in [0.15, 0.2) is 42.5 Å². The number of hydrogen-bond acceptors (Lipinski definition) is 6. The predicted molar refractivity (Wildman–Crippen MR) is 99.2 cm³/mol. The van der Waals surface area contributed by atoms with Gasteiger partial charge >= 0.3 is 12.1 Å². The highest BCUT2D eigenvalue weighted by molar-refractivity contribution is 5.96. The number of rotatable bonds is 8. The summed E-state index contributed by atoms with van der Waals surface area (Å²) in [6.45, 7) is 1.60. The summed E-state index contributed by atoms with van der Waals surface area (Å²) in [5.74, 6) is -1.35. The number of benzene rings is 2. The van der Waals surface area contributed by atoms with Crippen LogP contribution in [0.3, 0.4) is 0 Å². The number of halogens is 3. The second kappa shape index (κ2) is 9.72. The summed E-state index contributed by atoms with van der Waals surface area (Å²) >= 11 is 0. The molecule has 0 bridgehead atoms. The molecule has 1 amide bonds. The molecule has 0 heterocycles. The Morgan fingerprint density at radius 1 is 1.13 bits per heavy atom. The minimum Gasteiger partial charge on any atom is -0.494 e. The first-order valence-electron chi connectivity index (χ1n) is 8.67. The molecule has 0 aromatic heterocycles. The maximum absolute atomic E-state index is 13.1. The molecule has 2 aromatic rings. The van der Waals surface area contributed by atoms with E-state index in [-0.39, 0.29) is 5.56 Å². The lowest BCUT2D eigenvalue weighted by Crippen LogP contribution is -2.23. The molecular weight excluding hydrogens is 409 g/mol. The molecule has 0 fully saturated rings. The summed E-state index contributed by atoms with van der Waals surface area (Å²) in [6.07, 6.45) is -4.13. The normalized spacial score (nSPS) is 10.9. The van der Waals surface area contributed by atoms with E-state index in [9.17, 15) is 32.9 Å². The third-order valence-corrected chi connectivity index (χ3v) is 3.69. The van der Waals surface area contributed by atoms with Crippen molar-refractivity contribution in [2.24, 2.45) is 0 Å². The van der Waals surface area contributed by atoms with Gasteiger partial charge in [-0.1, -0.05) is 6.92 Å². The van der Waals surface area contributed by atoms with Gasteiger partial charge in [-0.2, -0.15) is 13.2 Å². The van der Waals surface area contributed by atoms with Gasteiger partial charge in [-0.15, -0.1) is 0 Å². The van der Waals surface area contributed by atoms with Gasteiger partial charge in [-0.3, -0.25) is 14.9 Å². The molecule has 0 saturated heterocycles. The van der Waals surface area contributed by atoms with Crippen LogP contribution in [0.25, 0.3) is 0 Å². The van der Waals surface area contributed by atoms with Crippen molar-refractivity contribution in [3.63, 3.8) is 0 Å². The molecule has 8 nitrogen and oxygen atoms in total. The molecule has 0 aliphatic heterocycles. The molecule has 2 rings (SSSR count). The largest absolute Gasteiger partial charge is 0.494 e. The molecule has 0 saturated carbocycles. The Kier molecular flexibility index (Phi) is 7.34. The van der Waals surface area contributed by atoms with Gasteiger partial charge in [0.05, 0.1) is 28.3 Å². The van der Waals surface area contributed by atoms with E-state index in [0.29, 0.717) is 18.4 Å². The SMILES string of the molecule is CCCOc1ccc(C(=O)OCC(=O)Nc2ccc([N+](=O)[O-])cc2C(F)(F)F)cc1. The van der Waals surface area contributed by atoms with Crippen LogP contribution in [0.5, 0.6) is 5.75 Å². The van der Waals surface area contributed by atoms with E-state index in [1.54, 1.807) is 12.1 Å². The van der Waals surface area contributed by atoms with Crippen molar-refractivity contribution in [3.05, 3.63) is 63.7 Å². The van der Waals surface area contributed by atoms with Gasteiger partial charge in [0.2, 0.25) is 0 Å². The Bertz CT molecular complexity index is 929. The van der Waals surface area contributed by atoms with Crippen molar-refractivity contribution in [2.75, 3.05) is 18.5 Å². The number of nitro groups is 1. The molecule has 160 valence electrons. The number of ether oxygens (including phenoxy) is 2. The highest BCUT2D eigenvalue weighted by Crippen LogP contribution is 2.37. The summed E-state index contributed by atoms with van der Waals surface area (Å²) < 4.78 is 49.5. The standard InChI is InChI=1S/C19H17F3N2O6/c1-2-9-29-14-6-3-12(4-7-14)18(26)30-11-17(25)23-16-8-5-13(24(27)28)10-15(16)19(20,21)22/h3-8,10H,2,9,11H2,1H3,(H,23,25). The van der Waals surface area contributed by atoms with Crippen molar-refractivity contribution >= 4 is 23.3 Å². The maximum atomic E-state index is 13.1. The number of esters is 1. The first-order chi connectivity index (χ1) is 14.1. The summed E-state index contributed by atoms with van der Waals surface area (Å²) in [5.41, 5.74) is -2.73. The van der Waals surface area contributed by atoms with Gasteiger partial charge < -0.3 is 14.8 Å². The van der Waals surface area contributed by atoms with E-state index in [0.717, 1.165) is 18.6 Å². The highest BCUT2D eigenvalue weighted by Gasteiger charge is 2.35. The Morgan fingerprint density at radius 3 is 2.37 bits per heavy atom. The van der Waals surface area contributed by atoms with Crippen molar-refractivity contribution in [3.8, 4) is 5.75 Å². The second-order valence-corrected chi connectivity index (χ2v) is 5.98. The van der Waals surface area contributed by atoms with E-state index in [2.05, 4.69) is 0 Å². The minimum atomic E-state index is -4.94. The summed E-state index contributed by atoms with van der Waals surface area (Å²) in [7, 11) is 0. The molecule has 11 heteroatoms. The number of nitrogens with zero attached hydrogens (tertiary/aromatic N) is 1. The summed E-state index contributed by atoms with van der Waals surface area (Å²) in [4.78, 5) is 33.6. The molecule has 2 aromatic carbocycles. The van der Waals surface area contributed by atoms with Crippen molar-refractivity contribution < 1.29 is 37.2 Å². The molecule has 0 radical (unpaired) electrons. The van der Waals surface area contributed by atoms with Gasteiger partial charge in [0.25, 0.3) is 11.6 Å². The fourth-order valence-corrected chi connectivity index (χ4v) is 2.30. The van der Waals surface area contributed by atoms with Crippen LogP contribution >= 0.6 is 0 Å². The fourth-order valence-electron chi connectivity index (χ4n) is 2.30. The van der Waals surface area contributed by atoms with Crippen molar-refractivity contribution in [2.45, 2.75) is 19.5 Å². The Balaban J connectivity index is 2.00. The van der Waals surface area contributed by atoms with Gasteiger partial charge in [-0.25, -0.2) is 4.79 Å². The molecule has 0 aliphatic rings. The lowest BCUT2D eigenvalue weighted by atomic mass is 10.1. The zero-order valence-electron chi connectivity index (χ0n) is 15.7. The maximum Gasteiger partial charge on any atom is 0.418 e. The quantitative estimate of drug-likeness (QED) is 0.385. The average Bonchev–Trinajstić information content (AvgIpc) is 2.70. The first kappa shape index (κ1) is 22.7. The third kappa shape index (κ3) is 6.19. The van der Waals surface area contributed by atoms with E-state index in [1.165, 1.54) is 12.1 Å². The number of nitro benzene ring substituents is 1. The number of non-ortho nitro benzene ring substituents is 1. The van der Waals surface area contributed by atoms with Crippen LogP contribution in [0, 0.1) is 10.1 Å². The van der Waals surface area contributed by atoms with Gasteiger partial charge in [0.15, 0.2) is 6.61 Å². The molecule has 0 aliphatic carbocycles. The molecule has 0 spiro atoms. The second-order valence-electron chi connectivity index (χ2n) is 5.98. The third-order valence-electron chi connectivity index (χ3n) is 3.69. The van der Waals surface area contributed by atoms with Crippen LogP contribution < -0.4 is 10.1 Å². The topological polar surface area (TPSA) is 108 Å². The Hall–Kier alpha value is -3.63. The van der Waals surface area contributed by atoms with E-state index in [4.69, 9.17) is 9.47 Å². The lowest BCUT2D eigenvalue weighted by molar-refractivity contribution is -0.385. The number of carbonyl (C=O) groups excluding carboxylic acids is 2. The number of carbonyl (C=O) groups is 2. The number of alkyl halides is 3. The molecule has 0 atom stereocenters. The average molecular weight is 426 g/mol. The van der Waals surface area contributed by atoms with E-state index < -0.39 is 46.5 Å². The van der Waals surface area contributed by atoms with Crippen LogP contribution in [-0.2, 0) is 15.7 Å². The Morgan fingerprint density at radius 2 is 1.80 bits per heavy atom. The molecule has 1 N–H and O–H groups in total. The van der Waals surface area contributed by atoms with Crippen molar-refractivity contribution in [1.29, 1.82) is 0 Å². The van der Waals surface area contributed by atoms with E-state index in [1.807, 2.05) is 12.2 Å². The van der Waals surface area contributed by atoms with Crippen molar-refractivity contribution in [1.82, 2.24) is 0 Å². The number of hydrogen-bond donors (Lipinski definition) is 1. The zero-order chi connectivity index (χ0) is 22.3. The number of nitrogens with one attached hydrogen (secondary N) is 1. The van der Waals surface area contributed by atoms with Crippen LogP contribution in [0.4, 0.5) is 24.5 Å². The summed E-state index contributed by atoms with van der Waals surface area (Å²) in [6, 6.07) is 7.81. The lowest BCUT2D eigenvalue weighted by Gasteiger charge is -2.13.